The van der Waals surface area contributed by atoms with E-state index in [1.165, 1.54) is 0 Å². The molecule has 0 aliphatic carbocycles. The maximum Gasteiger partial charge on any atom is 0.564 e. The Kier molecular flexibility index (Phi) is 7.73. The van der Waals surface area contributed by atoms with Crippen LogP contribution in [-0.4, -0.2) is 14.0 Å². The molecule has 0 saturated carbocycles. The lowest BCUT2D eigenvalue weighted by Crippen LogP contribution is -2.25. The SMILES string of the molecule is CCn1c[n+](C)c(Cl)c1Cl.[Cl][Al-]([Cl])([Cl])[Cl]. The van der Waals surface area contributed by atoms with Crippen molar-refractivity contribution in [1.29, 1.82) is 0 Å². The van der Waals surface area contributed by atoms with Gasteiger partial charge in [0.1, 0.15) is 0 Å². The van der Waals surface area contributed by atoms with E-state index < -0.39 is 9.39 Å². The highest BCUT2D eigenvalue weighted by atomic mass is 35.9. The van der Waals surface area contributed by atoms with Crippen LogP contribution in [0.25, 0.3) is 0 Å². The first-order valence-corrected chi connectivity index (χ1v) is 11.7. The molecule has 15 heavy (non-hydrogen) atoms. The van der Waals surface area contributed by atoms with Crippen molar-refractivity contribution >= 4 is 72.8 Å². The number of imidazole rings is 1. The van der Waals surface area contributed by atoms with E-state index >= 15 is 0 Å². The van der Waals surface area contributed by atoms with Crippen molar-refractivity contribution in [1.82, 2.24) is 4.57 Å². The van der Waals surface area contributed by atoms with Gasteiger partial charge in [0.15, 0.2) is 0 Å². The van der Waals surface area contributed by atoms with Crippen LogP contribution in [0.2, 0.25) is 10.3 Å². The number of aryl methyl sites for hydroxylation is 2. The summed E-state index contributed by atoms with van der Waals surface area (Å²) in [4.78, 5) is 0. The van der Waals surface area contributed by atoms with E-state index in [1.54, 1.807) is 4.57 Å². The summed E-state index contributed by atoms with van der Waals surface area (Å²) in [7, 11) is 18.9. The average Bonchev–Trinajstić information content (AvgIpc) is 2.29. The minimum absolute atomic E-state index is 0.587. The van der Waals surface area contributed by atoms with Crippen LogP contribution >= 0.6 is 63.4 Å². The molecule has 88 valence electrons. The molecular weight excluding hydrogens is 340 g/mol. The van der Waals surface area contributed by atoms with Crippen LogP contribution in [0.3, 0.4) is 0 Å². The molecule has 0 amide bonds. The number of aromatic nitrogens is 2. The minimum Gasteiger partial charge on any atom is -0.391 e. The fourth-order valence-corrected chi connectivity index (χ4v) is 1.24. The van der Waals surface area contributed by atoms with Crippen LogP contribution in [0.1, 0.15) is 6.92 Å². The zero-order valence-corrected chi connectivity index (χ0v) is 13.7. The fraction of sp³-hybridized carbons (Fsp3) is 0.500. The van der Waals surface area contributed by atoms with Crippen LogP contribution in [0.4, 0.5) is 0 Å². The molecular formula is C6H9AlCl6N2. The normalized spacial score (nSPS) is 10.9. The number of halogens is 6. The molecule has 0 aliphatic rings. The Morgan fingerprint density at radius 3 is 1.80 bits per heavy atom. The lowest BCUT2D eigenvalue weighted by molar-refractivity contribution is -0.668. The third-order valence-corrected chi connectivity index (χ3v) is 2.32. The van der Waals surface area contributed by atoms with E-state index in [4.69, 9.17) is 63.4 Å². The van der Waals surface area contributed by atoms with Gasteiger partial charge in [-0.2, -0.15) is 0 Å². The molecule has 0 N–H and O–H groups in total. The second-order valence-corrected chi connectivity index (χ2v) is 16.2. The van der Waals surface area contributed by atoms with Crippen molar-refractivity contribution in [3.8, 4) is 0 Å². The van der Waals surface area contributed by atoms with Crippen LogP contribution in [0.15, 0.2) is 6.33 Å². The molecule has 1 rings (SSSR count). The van der Waals surface area contributed by atoms with Crippen LogP contribution in [0.5, 0.6) is 0 Å². The summed E-state index contributed by atoms with van der Waals surface area (Å²) in [5.74, 6) is 0. The smallest absolute Gasteiger partial charge is 0.391 e. The standard InChI is InChI=1S/C6H9Cl2N2.Al.4ClH/c1-3-10-4-9(2)5(7)6(10)8;;;;;/h4H,3H2,1-2H3;;4*1H/q+1;+3;;;;/p-4. The molecule has 1 heterocycles. The maximum absolute atomic E-state index is 5.82. The minimum atomic E-state index is -2.94. The predicted octanol–water partition coefficient (Wildman–Crippen LogP) is 4.02. The summed E-state index contributed by atoms with van der Waals surface area (Å²) < 4.78 is 3.66. The van der Waals surface area contributed by atoms with Crippen molar-refractivity contribution in [2.24, 2.45) is 7.05 Å². The van der Waals surface area contributed by atoms with Crippen LogP contribution < -0.4 is 4.57 Å². The lowest BCUT2D eigenvalue weighted by atomic mass is 10.7. The quantitative estimate of drug-likeness (QED) is 0.535. The summed E-state index contributed by atoms with van der Waals surface area (Å²) in [6.45, 7) is 2.86. The maximum atomic E-state index is 5.82. The molecule has 0 aliphatic heterocycles. The first-order chi connectivity index (χ1) is 6.66. The van der Waals surface area contributed by atoms with Gasteiger partial charge >= 0.3 is 9.39 Å². The molecule has 0 spiro atoms. The van der Waals surface area contributed by atoms with Gasteiger partial charge in [0.25, 0.3) is 10.3 Å². The van der Waals surface area contributed by atoms with Gasteiger partial charge in [-0.05, 0) is 30.1 Å². The van der Waals surface area contributed by atoms with E-state index in [0.717, 1.165) is 6.54 Å². The second kappa shape index (κ2) is 7.04. The first-order valence-electron chi connectivity index (χ1n) is 3.93. The topological polar surface area (TPSA) is 8.81 Å². The Morgan fingerprint density at radius 1 is 1.27 bits per heavy atom. The highest BCUT2D eigenvalue weighted by Crippen LogP contribution is 2.23. The Labute approximate surface area is 118 Å². The van der Waals surface area contributed by atoms with E-state index in [9.17, 15) is 0 Å². The van der Waals surface area contributed by atoms with Crippen molar-refractivity contribution < 1.29 is 4.57 Å². The van der Waals surface area contributed by atoms with Gasteiger partial charge < -0.3 is 40.2 Å². The van der Waals surface area contributed by atoms with Gasteiger partial charge in [-0.15, -0.1) is 0 Å². The fourth-order valence-electron chi connectivity index (χ4n) is 0.795. The summed E-state index contributed by atoms with van der Waals surface area (Å²) in [5.41, 5.74) is 0. The molecule has 9 heteroatoms. The number of hydrogen-bond acceptors (Lipinski definition) is 0. The van der Waals surface area contributed by atoms with Crippen molar-refractivity contribution in [3.63, 3.8) is 0 Å². The Balaban J connectivity index is 0.000000336. The van der Waals surface area contributed by atoms with E-state index in [2.05, 4.69) is 0 Å². The highest BCUT2D eigenvalue weighted by molar-refractivity contribution is 7.81. The summed E-state index contributed by atoms with van der Waals surface area (Å²) in [6, 6.07) is 0. The molecule has 1 aromatic rings. The third kappa shape index (κ3) is 7.41. The molecule has 0 atom stereocenters. The first kappa shape index (κ1) is 16.5. The summed E-state index contributed by atoms with van der Waals surface area (Å²) >= 11 is 11.6. The number of nitrogens with zero attached hydrogens (tertiary/aromatic N) is 2. The van der Waals surface area contributed by atoms with Crippen molar-refractivity contribution in [2.45, 2.75) is 13.5 Å². The molecule has 0 unspecified atom stereocenters. The molecule has 0 saturated heterocycles. The van der Waals surface area contributed by atoms with E-state index in [-0.39, 0.29) is 0 Å². The monoisotopic (exact) mass is 346 g/mol. The summed E-state index contributed by atoms with van der Waals surface area (Å²) in [5, 5.41) is 1.19. The van der Waals surface area contributed by atoms with Gasteiger partial charge in [-0.1, -0.05) is 0 Å². The molecule has 0 bridgehead atoms. The van der Waals surface area contributed by atoms with E-state index in [1.807, 2.05) is 24.9 Å². The van der Waals surface area contributed by atoms with Gasteiger partial charge in [-0.3, -0.25) is 0 Å². The zero-order chi connectivity index (χ0) is 12.2. The predicted molar refractivity (Wildman–Crippen MR) is 70.5 cm³/mol. The zero-order valence-electron chi connectivity index (χ0n) is 8.02. The van der Waals surface area contributed by atoms with E-state index in [0.29, 0.717) is 10.3 Å². The Bertz CT molecular complexity index is 314. The van der Waals surface area contributed by atoms with Crippen molar-refractivity contribution in [3.05, 3.63) is 16.6 Å². The number of hydrogen-bond donors (Lipinski definition) is 0. The van der Waals surface area contributed by atoms with Crippen LogP contribution in [0, 0.1) is 0 Å². The molecule has 0 aromatic carbocycles. The Morgan fingerprint density at radius 2 is 1.67 bits per heavy atom. The van der Waals surface area contributed by atoms with Gasteiger partial charge in [0.05, 0.1) is 13.6 Å². The lowest BCUT2D eigenvalue weighted by Gasteiger charge is -1.97. The summed E-state index contributed by atoms with van der Waals surface area (Å²) in [6.07, 6.45) is 1.87. The van der Waals surface area contributed by atoms with Crippen LogP contribution in [-0.2, 0) is 13.6 Å². The third-order valence-electron chi connectivity index (χ3n) is 1.39. The van der Waals surface area contributed by atoms with Gasteiger partial charge in [-0.25, -0.2) is 9.13 Å². The Hall–Kier alpha value is 1.48. The average molecular weight is 349 g/mol. The number of rotatable bonds is 1. The van der Waals surface area contributed by atoms with Gasteiger partial charge in [0, 0.05) is 0 Å². The van der Waals surface area contributed by atoms with Crippen molar-refractivity contribution in [2.75, 3.05) is 0 Å². The molecule has 1 aromatic heterocycles. The highest BCUT2D eigenvalue weighted by Gasteiger charge is 2.15. The molecule has 0 radical (unpaired) electrons. The molecule has 2 nitrogen and oxygen atoms in total. The van der Waals surface area contributed by atoms with Gasteiger partial charge in [0.2, 0.25) is 6.33 Å². The molecule has 0 fully saturated rings. The largest absolute Gasteiger partial charge is 0.564 e. The second-order valence-electron chi connectivity index (χ2n) is 2.59.